The van der Waals surface area contributed by atoms with Gasteiger partial charge in [-0.3, -0.25) is 4.79 Å². The summed E-state index contributed by atoms with van der Waals surface area (Å²) in [6.07, 6.45) is 9.43. The molecule has 0 saturated heterocycles. The van der Waals surface area contributed by atoms with Gasteiger partial charge in [-0.1, -0.05) is 0 Å². The van der Waals surface area contributed by atoms with Crippen LogP contribution in [-0.4, -0.2) is 28.8 Å². The van der Waals surface area contributed by atoms with Crippen LogP contribution in [0.4, 0.5) is 0 Å². The highest BCUT2D eigenvalue weighted by molar-refractivity contribution is 5.78. The predicted octanol–water partition coefficient (Wildman–Crippen LogP) is 3.84. The number of hydrogen-bond acceptors (Lipinski definition) is 5. The van der Waals surface area contributed by atoms with Crippen LogP contribution in [0.25, 0.3) is 11.5 Å². The van der Waals surface area contributed by atoms with Crippen LogP contribution >= 0.6 is 0 Å². The van der Waals surface area contributed by atoms with E-state index in [2.05, 4.69) is 22.4 Å². The first-order valence-electron chi connectivity index (χ1n) is 10.4. The fraction of sp³-hybridized carbons (Fsp3) is 0.591. The van der Waals surface area contributed by atoms with Crippen molar-refractivity contribution in [3.8, 4) is 17.2 Å². The first-order valence-corrected chi connectivity index (χ1v) is 10.4. The van der Waals surface area contributed by atoms with E-state index in [9.17, 15) is 4.79 Å². The van der Waals surface area contributed by atoms with Gasteiger partial charge in [0.2, 0.25) is 12.3 Å². The zero-order chi connectivity index (χ0) is 19.1. The third kappa shape index (κ3) is 3.29. The van der Waals surface area contributed by atoms with Crippen LogP contribution in [0.1, 0.15) is 45.4 Å². The summed E-state index contributed by atoms with van der Waals surface area (Å²) in [6.45, 7) is 2.24. The fourth-order valence-corrected chi connectivity index (χ4v) is 6.29. The van der Waals surface area contributed by atoms with Crippen LogP contribution in [0.15, 0.2) is 35.1 Å². The number of carbonyl (C=O) groups excluding carboxylic acids is 1. The topological polar surface area (TPSA) is 77.2 Å². The first kappa shape index (κ1) is 17.7. The van der Waals surface area contributed by atoms with Gasteiger partial charge in [0.25, 0.3) is 5.91 Å². The molecule has 0 spiro atoms. The molecule has 6 nitrogen and oxygen atoms in total. The number of ether oxygens (including phenoxy) is 1. The molecule has 0 aliphatic heterocycles. The number of carbonyl (C=O) groups is 1. The minimum absolute atomic E-state index is 0.0378. The third-order valence-electron chi connectivity index (χ3n) is 7.21. The molecule has 1 amide bonds. The van der Waals surface area contributed by atoms with E-state index < -0.39 is 0 Å². The fourth-order valence-electron chi connectivity index (χ4n) is 6.29. The average molecular weight is 381 g/mol. The lowest BCUT2D eigenvalue weighted by Crippen LogP contribution is -2.56. The van der Waals surface area contributed by atoms with Crippen LogP contribution in [0, 0.1) is 23.2 Å². The summed E-state index contributed by atoms with van der Waals surface area (Å²) < 4.78 is 10.9. The molecule has 4 fully saturated rings. The quantitative estimate of drug-likeness (QED) is 0.823. The van der Waals surface area contributed by atoms with E-state index in [1.54, 1.807) is 0 Å². The largest absolute Gasteiger partial charge is 0.484 e. The Morgan fingerprint density at radius 1 is 1.18 bits per heavy atom. The van der Waals surface area contributed by atoms with Crippen molar-refractivity contribution in [2.75, 3.05) is 6.61 Å². The van der Waals surface area contributed by atoms with Crippen LogP contribution < -0.4 is 10.1 Å². The summed E-state index contributed by atoms with van der Waals surface area (Å²) in [7, 11) is 0. The Labute approximate surface area is 165 Å². The van der Waals surface area contributed by atoms with Gasteiger partial charge in [0, 0.05) is 11.6 Å². The summed E-state index contributed by atoms with van der Waals surface area (Å²) in [6, 6.07) is 7.54. The molecule has 6 rings (SSSR count). The molecule has 28 heavy (non-hydrogen) atoms. The summed E-state index contributed by atoms with van der Waals surface area (Å²) in [5, 5.41) is 10.8. The van der Waals surface area contributed by atoms with Crippen molar-refractivity contribution in [1.29, 1.82) is 0 Å². The van der Waals surface area contributed by atoms with E-state index in [-0.39, 0.29) is 18.6 Å². The van der Waals surface area contributed by atoms with Crippen molar-refractivity contribution in [1.82, 2.24) is 15.5 Å². The maximum Gasteiger partial charge on any atom is 0.258 e. The number of rotatable bonds is 6. The Balaban J connectivity index is 1.15. The van der Waals surface area contributed by atoms with E-state index in [1.165, 1.54) is 44.9 Å². The molecule has 1 N–H and O–H groups in total. The molecule has 6 heteroatoms. The van der Waals surface area contributed by atoms with E-state index >= 15 is 0 Å². The molecular formula is C22H27N3O3. The third-order valence-corrected chi connectivity index (χ3v) is 7.21. The van der Waals surface area contributed by atoms with Gasteiger partial charge in [-0.25, -0.2) is 0 Å². The molecule has 4 aliphatic carbocycles. The second kappa shape index (κ2) is 6.90. The number of aromatic nitrogens is 2. The molecule has 1 atom stereocenters. The molecule has 0 radical (unpaired) electrons. The van der Waals surface area contributed by atoms with Gasteiger partial charge in [-0.2, -0.15) is 0 Å². The molecule has 4 aliphatic rings. The first-order chi connectivity index (χ1) is 13.6. The van der Waals surface area contributed by atoms with E-state index in [0.717, 1.165) is 23.3 Å². The van der Waals surface area contributed by atoms with Crippen molar-refractivity contribution in [2.24, 2.45) is 23.2 Å². The lowest BCUT2D eigenvalue weighted by molar-refractivity contribution is -0.127. The highest BCUT2D eigenvalue weighted by Crippen LogP contribution is 2.61. The van der Waals surface area contributed by atoms with Gasteiger partial charge in [-0.15, -0.1) is 10.2 Å². The summed E-state index contributed by atoms with van der Waals surface area (Å²) >= 11 is 0. The molecule has 1 heterocycles. The van der Waals surface area contributed by atoms with Crippen LogP contribution in [0.2, 0.25) is 0 Å². The van der Waals surface area contributed by atoms with Gasteiger partial charge in [0.1, 0.15) is 5.75 Å². The van der Waals surface area contributed by atoms with Gasteiger partial charge >= 0.3 is 0 Å². The maximum absolute atomic E-state index is 12.5. The average Bonchev–Trinajstić information content (AvgIpc) is 3.20. The zero-order valence-electron chi connectivity index (χ0n) is 16.3. The summed E-state index contributed by atoms with van der Waals surface area (Å²) in [5.41, 5.74) is 1.14. The summed E-state index contributed by atoms with van der Waals surface area (Å²) in [5.74, 6) is 3.75. The van der Waals surface area contributed by atoms with Gasteiger partial charge in [0.05, 0.1) is 0 Å². The lowest BCUT2D eigenvalue weighted by Gasteiger charge is -2.59. The van der Waals surface area contributed by atoms with E-state index in [0.29, 0.717) is 17.1 Å². The van der Waals surface area contributed by atoms with Gasteiger partial charge < -0.3 is 14.5 Å². The number of benzene rings is 1. The van der Waals surface area contributed by atoms with Crippen LogP contribution in [0.3, 0.4) is 0 Å². The van der Waals surface area contributed by atoms with Gasteiger partial charge in [0.15, 0.2) is 6.61 Å². The number of nitrogens with one attached hydrogen (secondary N) is 1. The predicted molar refractivity (Wildman–Crippen MR) is 103 cm³/mol. The van der Waals surface area contributed by atoms with E-state index in [1.807, 2.05) is 24.3 Å². The lowest BCUT2D eigenvalue weighted by atomic mass is 9.48. The van der Waals surface area contributed by atoms with Crippen molar-refractivity contribution < 1.29 is 13.9 Å². The van der Waals surface area contributed by atoms with E-state index in [4.69, 9.17) is 9.15 Å². The van der Waals surface area contributed by atoms with Gasteiger partial charge in [-0.05, 0) is 92.9 Å². The Hall–Kier alpha value is -2.37. The monoisotopic (exact) mass is 381 g/mol. The zero-order valence-corrected chi connectivity index (χ0v) is 16.3. The van der Waals surface area contributed by atoms with Crippen molar-refractivity contribution in [3.05, 3.63) is 30.7 Å². The molecule has 1 aromatic heterocycles. The smallest absolute Gasteiger partial charge is 0.258 e. The van der Waals surface area contributed by atoms with Crippen LogP contribution in [0.5, 0.6) is 5.75 Å². The molecule has 2 aromatic rings. The molecule has 0 unspecified atom stereocenters. The molecule has 4 bridgehead atoms. The molecule has 148 valence electrons. The number of hydrogen-bond donors (Lipinski definition) is 1. The SMILES string of the molecule is C[C@H](NC(=O)COc1ccc(-c2nnco2)cc1)C12CC3CC(CC(C3)C1)C2. The molecular weight excluding hydrogens is 354 g/mol. The Bertz CT molecular complexity index is 796. The number of amides is 1. The second-order valence-electron chi connectivity index (χ2n) is 9.13. The minimum Gasteiger partial charge on any atom is -0.484 e. The number of nitrogens with zero attached hydrogens (tertiary/aromatic N) is 2. The highest BCUT2D eigenvalue weighted by atomic mass is 16.5. The van der Waals surface area contributed by atoms with Crippen molar-refractivity contribution >= 4 is 5.91 Å². The van der Waals surface area contributed by atoms with Crippen LogP contribution in [-0.2, 0) is 4.79 Å². The Morgan fingerprint density at radius 3 is 2.39 bits per heavy atom. The van der Waals surface area contributed by atoms with Crippen molar-refractivity contribution in [3.63, 3.8) is 0 Å². The summed E-state index contributed by atoms with van der Waals surface area (Å²) in [4.78, 5) is 12.5. The minimum atomic E-state index is -0.0378. The molecule has 4 saturated carbocycles. The van der Waals surface area contributed by atoms with Crippen molar-refractivity contribution in [2.45, 2.75) is 51.5 Å². The highest BCUT2D eigenvalue weighted by Gasteiger charge is 2.53. The molecule has 1 aromatic carbocycles. The second-order valence-corrected chi connectivity index (χ2v) is 9.13. The maximum atomic E-state index is 12.5. The Morgan fingerprint density at radius 2 is 1.82 bits per heavy atom. The standard InChI is InChI=1S/C22H27N3O3/c1-14(22-9-15-6-16(10-22)8-17(7-15)11-22)24-20(26)12-27-19-4-2-18(3-5-19)21-25-23-13-28-21/h2-5,13-17H,6-12H2,1H3,(H,24,26)/t14-,15?,16?,17?,22?/m0/s1. The Kier molecular flexibility index (Phi) is 4.37. The normalized spacial score (nSPS) is 31.5.